The van der Waals surface area contributed by atoms with Crippen LogP contribution in [0.5, 0.6) is 0 Å². The molecule has 8 nitrogen and oxygen atoms in total. The summed E-state index contributed by atoms with van der Waals surface area (Å²) in [6.07, 6.45) is 0. The Morgan fingerprint density at radius 3 is 2.25 bits per heavy atom. The van der Waals surface area contributed by atoms with Crippen LogP contribution in [0.15, 0.2) is 46.9 Å². The summed E-state index contributed by atoms with van der Waals surface area (Å²) >= 11 is 0. The summed E-state index contributed by atoms with van der Waals surface area (Å²) in [7, 11) is 2.01. The molecule has 0 bridgehead atoms. The Balaban J connectivity index is 1.56. The number of rotatable bonds is 5. The van der Waals surface area contributed by atoms with Crippen LogP contribution in [0.2, 0.25) is 0 Å². The fourth-order valence-corrected chi connectivity index (χ4v) is 3.40. The van der Waals surface area contributed by atoms with Crippen LogP contribution in [-0.2, 0) is 0 Å². The van der Waals surface area contributed by atoms with Gasteiger partial charge in [0.2, 0.25) is 11.8 Å². The summed E-state index contributed by atoms with van der Waals surface area (Å²) < 4.78 is 33.6. The number of oxazole rings is 1. The summed E-state index contributed by atoms with van der Waals surface area (Å²) in [5, 5.41) is 2.83. The molecule has 1 aromatic heterocycles. The van der Waals surface area contributed by atoms with Gasteiger partial charge in [-0.15, -0.1) is 0 Å². The number of benzene rings is 2. The van der Waals surface area contributed by atoms with E-state index in [1.165, 1.54) is 6.07 Å². The third-order valence-corrected chi connectivity index (χ3v) is 5.22. The molecule has 1 fully saturated rings. The van der Waals surface area contributed by atoms with Crippen molar-refractivity contribution in [2.45, 2.75) is 0 Å². The van der Waals surface area contributed by atoms with Gasteiger partial charge in [-0.2, -0.15) is 0 Å². The van der Waals surface area contributed by atoms with E-state index >= 15 is 0 Å². The smallest absolute Gasteiger partial charge is 0.273 e. The normalized spacial score (nSPS) is 14.4. The molecule has 0 atom stereocenters. The number of nitrogens with two attached hydrogens (primary N) is 1. The Morgan fingerprint density at radius 1 is 1.03 bits per heavy atom. The Kier molecular flexibility index (Phi) is 5.87. The predicted molar refractivity (Wildman–Crippen MR) is 113 cm³/mol. The molecule has 2 amide bonds. The molecule has 0 unspecified atom stereocenters. The Morgan fingerprint density at radius 2 is 1.66 bits per heavy atom. The summed E-state index contributed by atoms with van der Waals surface area (Å²) in [4.78, 5) is 32.3. The van der Waals surface area contributed by atoms with Crippen molar-refractivity contribution in [3.05, 3.63) is 65.4 Å². The lowest BCUT2D eigenvalue weighted by atomic mass is 10.1. The second-order valence-corrected chi connectivity index (χ2v) is 7.46. The summed E-state index contributed by atoms with van der Waals surface area (Å²) in [5.41, 5.74) is 5.53. The van der Waals surface area contributed by atoms with Gasteiger partial charge in [0, 0.05) is 37.4 Å². The number of primary amides is 1. The monoisotopic (exact) mass is 441 g/mol. The van der Waals surface area contributed by atoms with Crippen LogP contribution >= 0.6 is 0 Å². The zero-order valence-corrected chi connectivity index (χ0v) is 17.3. The van der Waals surface area contributed by atoms with E-state index in [1.807, 2.05) is 7.05 Å². The first-order valence-corrected chi connectivity index (χ1v) is 9.93. The van der Waals surface area contributed by atoms with E-state index in [0.717, 1.165) is 25.2 Å². The number of hydrogen-bond acceptors (Lipinski definition) is 6. The number of anilines is 2. The van der Waals surface area contributed by atoms with Gasteiger partial charge in [-0.05, 0) is 43.4 Å². The van der Waals surface area contributed by atoms with E-state index in [0.29, 0.717) is 24.3 Å². The van der Waals surface area contributed by atoms with Crippen LogP contribution < -0.4 is 11.1 Å². The maximum atomic E-state index is 14.1. The average Bonchev–Trinajstić information content (AvgIpc) is 3.18. The highest BCUT2D eigenvalue weighted by Crippen LogP contribution is 2.31. The zero-order chi connectivity index (χ0) is 22.8. The van der Waals surface area contributed by atoms with Crippen LogP contribution in [0.3, 0.4) is 0 Å². The van der Waals surface area contributed by atoms with Gasteiger partial charge in [-0.1, -0.05) is 6.07 Å². The highest BCUT2D eigenvalue weighted by atomic mass is 19.1. The lowest BCUT2D eigenvalue weighted by Gasteiger charge is -2.32. The summed E-state index contributed by atoms with van der Waals surface area (Å²) in [5.74, 6) is -3.35. The fourth-order valence-electron chi connectivity index (χ4n) is 3.40. The van der Waals surface area contributed by atoms with Crippen LogP contribution in [0.4, 0.5) is 20.4 Å². The average molecular weight is 441 g/mol. The minimum atomic E-state index is -0.930. The van der Waals surface area contributed by atoms with Crippen LogP contribution in [0.25, 0.3) is 11.5 Å². The number of nitrogens with zero attached hydrogens (tertiary/aromatic N) is 3. The van der Waals surface area contributed by atoms with Gasteiger partial charge in [-0.25, -0.2) is 13.8 Å². The molecule has 1 aliphatic heterocycles. The first kappa shape index (κ1) is 21.4. The third-order valence-electron chi connectivity index (χ3n) is 5.22. The molecule has 32 heavy (non-hydrogen) atoms. The van der Waals surface area contributed by atoms with Gasteiger partial charge in [0.25, 0.3) is 11.8 Å². The number of piperazine rings is 1. The minimum Gasteiger partial charge on any atom is -0.419 e. The number of hydrogen-bond donors (Lipinski definition) is 2. The molecular weight excluding hydrogens is 420 g/mol. The molecular formula is C22H21F2N5O3. The van der Waals surface area contributed by atoms with Crippen molar-refractivity contribution >= 4 is 23.4 Å². The second-order valence-electron chi connectivity index (χ2n) is 7.46. The SMILES string of the molecule is CN1CCN(C(=O)c2ccc(Nc3oc(-c4c(F)cccc4F)nc3C(N)=O)cc2)CC1. The van der Waals surface area contributed by atoms with E-state index in [4.69, 9.17) is 10.2 Å². The lowest BCUT2D eigenvalue weighted by molar-refractivity contribution is 0.0664. The van der Waals surface area contributed by atoms with Gasteiger partial charge in [0.15, 0.2) is 5.69 Å². The number of carbonyl (C=O) groups is 2. The fraction of sp³-hybridized carbons (Fsp3) is 0.227. The van der Waals surface area contributed by atoms with Crippen molar-refractivity contribution in [3.8, 4) is 11.5 Å². The third kappa shape index (κ3) is 4.30. The first-order valence-electron chi connectivity index (χ1n) is 9.93. The molecule has 2 heterocycles. The van der Waals surface area contributed by atoms with E-state index in [2.05, 4.69) is 15.2 Å². The van der Waals surface area contributed by atoms with Crippen molar-refractivity contribution in [1.82, 2.24) is 14.8 Å². The standard InChI is InChI=1S/C22H21F2N5O3/c1-28-9-11-29(12-10-28)22(31)13-5-7-14(8-6-13)26-21-18(19(25)30)27-20(32-21)17-15(23)3-2-4-16(17)24/h2-8,26H,9-12H2,1H3,(H2,25,30). The number of carbonyl (C=O) groups excluding carboxylic acids is 2. The molecule has 2 aromatic carbocycles. The molecule has 0 aliphatic carbocycles. The Bertz CT molecular complexity index is 1130. The predicted octanol–water partition coefficient (Wildman–Crippen LogP) is 2.85. The Labute approximate surface area is 182 Å². The molecule has 3 N–H and O–H groups in total. The molecule has 0 saturated carbocycles. The van der Waals surface area contributed by atoms with Crippen molar-refractivity contribution in [1.29, 1.82) is 0 Å². The molecule has 4 rings (SSSR count). The lowest BCUT2D eigenvalue weighted by Crippen LogP contribution is -2.47. The topological polar surface area (TPSA) is 105 Å². The maximum absolute atomic E-state index is 14.1. The van der Waals surface area contributed by atoms with Gasteiger partial charge in [-0.3, -0.25) is 9.59 Å². The molecule has 10 heteroatoms. The summed E-state index contributed by atoms with van der Waals surface area (Å²) in [6.45, 7) is 2.95. The number of likely N-dealkylation sites (N-methyl/N-ethyl adjacent to an activating group) is 1. The maximum Gasteiger partial charge on any atom is 0.273 e. The van der Waals surface area contributed by atoms with Gasteiger partial charge in [0.05, 0.1) is 0 Å². The van der Waals surface area contributed by atoms with Crippen molar-refractivity contribution in [2.24, 2.45) is 5.73 Å². The molecule has 0 spiro atoms. The number of amides is 2. The molecule has 0 radical (unpaired) electrons. The molecule has 1 aliphatic rings. The van der Waals surface area contributed by atoms with E-state index < -0.39 is 29.0 Å². The van der Waals surface area contributed by atoms with Crippen LogP contribution in [0, 0.1) is 11.6 Å². The largest absolute Gasteiger partial charge is 0.419 e. The number of nitrogens with one attached hydrogen (secondary N) is 1. The van der Waals surface area contributed by atoms with E-state index in [1.54, 1.807) is 29.2 Å². The van der Waals surface area contributed by atoms with Crippen molar-refractivity contribution in [2.75, 3.05) is 38.5 Å². The molecule has 166 valence electrons. The summed E-state index contributed by atoms with van der Waals surface area (Å²) in [6, 6.07) is 9.84. The first-order chi connectivity index (χ1) is 15.3. The zero-order valence-electron chi connectivity index (χ0n) is 17.3. The quantitative estimate of drug-likeness (QED) is 0.631. The highest BCUT2D eigenvalue weighted by Gasteiger charge is 2.24. The van der Waals surface area contributed by atoms with Crippen LogP contribution in [0.1, 0.15) is 20.8 Å². The minimum absolute atomic E-state index is 0.0699. The highest BCUT2D eigenvalue weighted by molar-refractivity contribution is 5.97. The van der Waals surface area contributed by atoms with E-state index in [9.17, 15) is 18.4 Å². The van der Waals surface area contributed by atoms with E-state index in [-0.39, 0.29) is 17.5 Å². The van der Waals surface area contributed by atoms with Gasteiger partial charge >= 0.3 is 0 Å². The van der Waals surface area contributed by atoms with Crippen molar-refractivity contribution in [3.63, 3.8) is 0 Å². The molecule has 1 saturated heterocycles. The second kappa shape index (κ2) is 8.75. The van der Waals surface area contributed by atoms with Crippen molar-refractivity contribution < 1.29 is 22.8 Å². The number of halogens is 2. The number of aromatic nitrogens is 1. The molecule has 3 aromatic rings. The Hall–Kier alpha value is -3.79. The van der Waals surface area contributed by atoms with Crippen LogP contribution in [-0.4, -0.2) is 59.8 Å². The van der Waals surface area contributed by atoms with Gasteiger partial charge in [0.1, 0.15) is 17.2 Å². The van der Waals surface area contributed by atoms with Gasteiger partial charge < -0.3 is 25.3 Å².